The van der Waals surface area contributed by atoms with Gasteiger partial charge < -0.3 is 5.11 Å². The van der Waals surface area contributed by atoms with Gasteiger partial charge in [0.15, 0.2) is 0 Å². The molecule has 3 heterocycles. The molecule has 6 rings (SSSR count). The molecule has 0 unspecified atom stereocenters. The molecule has 3 aromatic heterocycles. The van der Waals surface area contributed by atoms with E-state index in [2.05, 4.69) is 39.2 Å². The van der Waals surface area contributed by atoms with Gasteiger partial charge in [0, 0.05) is 36.4 Å². The first kappa shape index (κ1) is 23.9. The van der Waals surface area contributed by atoms with Crippen molar-refractivity contribution >= 4 is 10.9 Å². The fourth-order valence-corrected chi connectivity index (χ4v) is 4.42. The molecule has 5 heteroatoms. The molecule has 0 radical (unpaired) electrons. The van der Waals surface area contributed by atoms with Gasteiger partial charge in [-0.15, -0.1) is 0 Å². The Hall–Kier alpha value is -3.83. The molecule has 0 spiro atoms. The molecule has 0 aliphatic rings. The summed E-state index contributed by atoms with van der Waals surface area (Å²) in [5.41, 5.74) is 8.25. The molecule has 36 heavy (non-hydrogen) atoms. The van der Waals surface area contributed by atoms with Gasteiger partial charge >= 0.3 is 29.6 Å². The van der Waals surface area contributed by atoms with Crippen LogP contribution < -0.4 is 34.7 Å². The first-order chi connectivity index (χ1) is 17.3. The van der Waals surface area contributed by atoms with Crippen molar-refractivity contribution in [1.29, 1.82) is 0 Å². The van der Waals surface area contributed by atoms with Crippen LogP contribution in [0.15, 0.2) is 122 Å². The Balaban J connectivity index is 0.00000267. The van der Waals surface area contributed by atoms with E-state index >= 15 is 0 Å². The minimum atomic E-state index is -0.0644. The first-order valence-electron chi connectivity index (χ1n) is 11.4. The van der Waals surface area contributed by atoms with Crippen molar-refractivity contribution in [2.75, 3.05) is 0 Å². The van der Waals surface area contributed by atoms with Crippen molar-refractivity contribution in [2.24, 2.45) is 0 Å². The Labute approximate surface area is 231 Å². The molecule has 0 atom stereocenters. The molecule has 166 valence electrons. The second kappa shape index (κ2) is 10.4. The molecular weight excluding hydrogens is 453 g/mol. The van der Waals surface area contributed by atoms with Gasteiger partial charge in [-0.3, -0.25) is 15.0 Å². The summed E-state index contributed by atoms with van der Waals surface area (Å²) < 4.78 is 0. The summed E-state index contributed by atoms with van der Waals surface area (Å²) in [6.07, 6.45) is 8.89. The van der Waals surface area contributed by atoms with E-state index < -0.39 is 0 Å². The zero-order valence-electron chi connectivity index (χ0n) is 19.8. The number of aromatic nitrogens is 3. The zero-order valence-corrected chi connectivity index (χ0v) is 21.8. The second-order valence-electron chi connectivity index (χ2n) is 8.34. The Bertz CT molecular complexity index is 1620. The standard InChI is InChI=1S/C31H21N3O.Na/c35-31-29(24-13-9-22(10-14-24)26-5-2-16-33-20-26)18-28(27-6-3-17-34-30(27)31)23-11-7-21(8-12-23)25-4-1-15-32-19-25;/h1-20,35H;/q;+1/p-1. The van der Waals surface area contributed by atoms with Gasteiger partial charge in [0.2, 0.25) is 0 Å². The van der Waals surface area contributed by atoms with E-state index in [9.17, 15) is 5.11 Å². The number of rotatable bonds is 4. The van der Waals surface area contributed by atoms with Gasteiger partial charge in [0.05, 0.1) is 5.52 Å². The van der Waals surface area contributed by atoms with Crippen molar-refractivity contribution < 1.29 is 34.7 Å². The maximum absolute atomic E-state index is 13.4. The van der Waals surface area contributed by atoms with Crippen molar-refractivity contribution in [3.8, 4) is 50.3 Å². The predicted octanol–water partition coefficient (Wildman–Crippen LogP) is 3.77. The van der Waals surface area contributed by atoms with E-state index in [1.54, 1.807) is 18.6 Å². The quantitative estimate of drug-likeness (QED) is 0.366. The summed E-state index contributed by atoms with van der Waals surface area (Å²) in [5.74, 6) is -0.0644. The minimum absolute atomic E-state index is 0. The molecule has 0 saturated carbocycles. The molecule has 0 bridgehead atoms. The van der Waals surface area contributed by atoms with E-state index in [0.29, 0.717) is 11.1 Å². The zero-order chi connectivity index (χ0) is 23.6. The van der Waals surface area contributed by atoms with Crippen LogP contribution in [0.3, 0.4) is 0 Å². The maximum Gasteiger partial charge on any atom is 1.00 e. The van der Waals surface area contributed by atoms with Crippen LogP contribution in [0, 0.1) is 0 Å². The molecule has 0 aliphatic heterocycles. The van der Waals surface area contributed by atoms with Crippen molar-refractivity contribution in [2.45, 2.75) is 0 Å². The van der Waals surface area contributed by atoms with E-state index in [0.717, 1.165) is 44.3 Å². The number of hydrogen-bond donors (Lipinski definition) is 0. The monoisotopic (exact) mass is 473 g/mol. The normalized spacial score (nSPS) is 10.7. The second-order valence-corrected chi connectivity index (χ2v) is 8.34. The summed E-state index contributed by atoms with van der Waals surface area (Å²) in [6, 6.07) is 30.1. The maximum atomic E-state index is 13.4. The number of pyridine rings is 3. The van der Waals surface area contributed by atoms with Gasteiger partial charge in [0.1, 0.15) is 0 Å². The number of benzene rings is 3. The smallest absolute Gasteiger partial charge is 0.871 e. The summed E-state index contributed by atoms with van der Waals surface area (Å²) in [5, 5.41) is 14.3. The molecule has 0 aliphatic carbocycles. The van der Waals surface area contributed by atoms with Crippen molar-refractivity contribution in [3.05, 3.63) is 122 Å². The van der Waals surface area contributed by atoms with Gasteiger partial charge in [-0.1, -0.05) is 72.5 Å². The third-order valence-corrected chi connectivity index (χ3v) is 6.23. The van der Waals surface area contributed by atoms with Crippen molar-refractivity contribution in [1.82, 2.24) is 15.0 Å². The largest absolute Gasteiger partial charge is 1.00 e. The van der Waals surface area contributed by atoms with E-state index in [1.165, 1.54) is 0 Å². The minimum Gasteiger partial charge on any atom is -0.871 e. The SMILES string of the molecule is [Na+].[O-]c1c(-c2ccc(-c3cccnc3)cc2)cc(-c2ccc(-c3cccnc3)cc2)c2cccnc12. The van der Waals surface area contributed by atoms with Gasteiger partial charge in [-0.25, -0.2) is 0 Å². The molecule has 4 nitrogen and oxygen atoms in total. The van der Waals surface area contributed by atoms with Crippen LogP contribution in [0.5, 0.6) is 5.75 Å². The van der Waals surface area contributed by atoms with Crippen LogP contribution in [-0.2, 0) is 0 Å². The summed E-state index contributed by atoms with van der Waals surface area (Å²) in [6.45, 7) is 0. The Morgan fingerprint density at radius 2 is 1.00 bits per heavy atom. The Morgan fingerprint density at radius 1 is 0.500 bits per heavy atom. The summed E-state index contributed by atoms with van der Waals surface area (Å²) in [4.78, 5) is 12.9. The topological polar surface area (TPSA) is 61.7 Å². The van der Waals surface area contributed by atoms with Gasteiger partial charge in [-0.05, 0) is 68.8 Å². The molecule has 0 fully saturated rings. The molecule has 6 aromatic rings. The number of hydrogen-bond acceptors (Lipinski definition) is 4. The van der Waals surface area contributed by atoms with Crippen LogP contribution >= 0.6 is 0 Å². The third kappa shape index (κ3) is 4.54. The fourth-order valence-electron chi connectivity index (χ4n) is 4.42. The third-order valence-electron chi connectivity index (χ3n) is 6.23. The molecule has 3 aromatic carbocycles. The number of fused-ring (bicyclic) bond motifs is 1. The van der Waals surface area contributed by atoms with Crippen LogP contribution in [0.2, 0.25) is 0 Å². The Kier molecular flexibility index (Phi) is 6.92. The predicted molar refractivity (Wildman–Crippen MR) is 139 cm³/mol. The van der Waals surface area contributed by atoms with E-state index in [4.69, 9.17) is 0 Å². The Morgan fingerprint density at radius 3 is 1.53 bits per heavy atom. The average molecular weight is 474 g/mol. The van der Waals surface area contributed by atoms with Crippen LogP contribution in [-0.4, -0.2) is 15.0 Å². The summed E-state index contributed by atoms with van der Waals surface area (Å²) >= 11 is 0. The van der Waals surface area contributed by atoms with Crippen LogP contribution in [0.1, 0.15) is 0 Å². The van der Waals surface area contributed by atoms with Crippen LogP contribution in [0.25, 0.3) is 55.4 Å². The van der Waals surface area contributed by atoms with Gasteiger partial charge in [0.25, 0.3) is 0 Å². The van der Waals surface area contributed by atoms with Crippen molar-refractivity contribution in [3.63, 3.8) is 0 Å². The first-order valence-corrected chi connectivity index (χ1v) is 11.4. The van der Waals surface area contributed by atoms with E-state index in [1.807, 2.05) is 79.1 Å². The van der Waals surface area contributed by atoms with Gasteiger partial charge in [-0.2, -0.15) is 0 Å². The fraction of sp³-hybridized carbons (Fsp3) is 0. The van der Waals surface area contributed by atoms with Crippen LogP contribution in [0.4, 0.5) is 0 Å². The molecule has 0 saturated heterocycles. The molecule has 0 N–H and O–H groups in total. The van der Waals surface area contributed by atoms with E-state index in [-0.39, 0.29) is 35.3 Å². The average Bonchev–Trinajstić information content (AvgIpc) is 2.95. The summed E-state index contributed by atoms with van der Waals surface area (Å²) in [7, 11) is 0. The molecular formula is C31H20N3NaO. The number of nitrogens with zero attached hydrogens (tertiary/aromatic N) is 3. The molecule has 0 amide bonds.